The minimum Gasteiger partial charge on any atom is -0.481 e. The minimum atomic E-state index is -0.515. The number of carbonyl (C=O) groups is 2. The Labute approximate surface area is 256 Å². The first kappa shape index (κ1) is 30.9. The third kappa shape index (κ3) is 5.39. The van der Waals surface area contributed by atoms with Crippen molar-refractivity contribution in [3.05, 3.63) is 0 Å². The molecule has 8 bridgehead atoms. The lowest BCUT2D eigenvalue weighted by molar-refractivity contribution is -0.254. The van der Waals surface area contributed by atoms with E-state index in [9.17, 15) is 19.8 Å². The average Bonchev–Trinajstić information content (AvgIpc) is 2.90. The molecule has 0 aromatic heterocycles. The van der Waals surface area contributed by atoms with Gasteiger partial charge in [-0.3, -0.25) is 9.59 Å². The molecule has 0 aromatic carbocycles. The number of aliphatic carboxylic acids is 2. The second-order valence-electron chi connectivity index (χ2n) is 17.4. The molecule has 8 rings (SSSR count). The summed E-state index contributed by atoms with van der Waals surface area (Å²) >= 11 is 0. The first-order valence-electron chi connectivity index (χ1n) is 18.6. The maximum atomic E-state index is 13.0. The number of hydrogen-bond acceptors (Lipinski definition) is 2. The SMILES string of the molecule is CCCCCCCC(C(=O)O)C12CC3CC(C1)CC(C14CC5CC(CC(C(CCCCCCC)C(=O)O)(C5)C1)C4)(C3)C2. The second-order valence-corrected chi connectivity index (χ2v) is 17.4. The van der Waals surface area contributed by atoms with Crippen LogP contribution in [-0.2, 0) is 9.59 Å². The lowest BCUT2D eigenvalue weighted by Crippen LogP contribution is -2.66. The number of carboxylic acids is 2. The normalized spacial score (nSPS) is 42.6. The van der Waals surface area contributed by atoms with Gasteiger partial charge in [-0.25, -0.2) is 0 Å². The maximum absolute atomic E-state index is 13.0. The molecule has 4 nitrogen and oxygen atoms in total. The van der Waals surface area contributed by atoms with Crippen molar-refractivity contribution in [2.45, 2.75) is 168 Å². The molecular weight excluding hydrogens is 520 g/mol. The van der Waals surface area contributed by atoms with Crippen LogP contribution in [-0.4, -0.2) is 22.2 Å². The molecule has 42 heavy (non-hydrogen) atoms. The number of unbranched alkanes of at least 4 members (excludes halogenated alkanes) is 8. The molecule has 0 amide bonds. The fourth-order valence-electron chi connectivity index (χ4n) is 14.0. The molecule has 4 heteroatoms. The lowest BCUT2D eigenvalue weighted by atomic mass is 9.30. The van der Waals surface area contributed by atoms with Crippen LogP contribution in [0.2, 0.25) is 0 Å². The summed E-state index contributed by atoms with van der Waals surface area (Å²) in [7, 11) is 0. The van der Waals surface area contributed by atoms with E-state index in [2.05, 4.69) is 13.8 Å². The quantitative estimate of drug-likeness (QED) is 0.167. The van der Waals surface area contributed by atoms with Gasteiger partial charge in [-0.15, -0.1) is 0 Å². The summed E-state index contributed by atoms with van der Waals surface area (Å²) in [5.41, 5.74) is 0.506. The Balaban J connectivity index is 1.27. The highest BCUT2D eigenvalue weighted by molar-refractivity contribution is 5.72. The van der Waals surface area contributed by atoms with Crippen molar-refractivity contribution in [2.75, 3.05) is 0 Å². The maximum Gasteiger partial charge on any atom is 0.307 e. The van der Waals surface area contributed by atoms with Crippen LogP contribution in [0.5, 0.6) is 0 Å². The molecule has 8 fully saturated rings. The van der Waals surface area contributed by atoms with E-state index in [1.165, 1.54) is 89.9 Å². The Kier molecular flexibility index (Phi) is 8.87. The van der Waals surface area contributed by atoms with Gasteiger partial charge in [-0.2, -0.15) is 0 Å². The molecule has 0 radical (unpaired) electrons. The first-order chi connectivity index (χ1) is 20.2. The van der Waals surface area contributed by atoms with E-state index in [4.69, 9.17) is 0 Å². The molecule has 0 spiro atoms. The van der Waals surface area contributed by atoms with E-state index in [1.807, 2.05) is 0 Å². The van der Waals surface area contributed by atoms with Crippen LogP contribution < -0.4 is 0 Å². The molecule has 8 saturated carbocycles. The standard InChI is InChI=1S/C38H62O4/c1-3-5-7-9-11-13-31(33(39)40)35-17-27-15-28(18-35)22-37(21-27,25-35)38-23-29-16-30(24-38)20-36(19-29,26-38)32(34(41)42)14-12-10-8-6-4-2/h27-32H,3-26H2,1-2H3,(H,39,40)(H,41,42). The van der Waals surface area contributed by atoms with Gasteiger partial charge in [0.05, 0.1) is 11.8 Å². The van der Waals surface area contributed by atoms with E-state index in [-0.39, 0.29) is 33.5 Å². The topological polar surface area (TPSA) is 74.6 Å². The van der Waals surface area contributed by atoms with Crippen LogP contribution in [0.15, 0.2) is 0 Å². The van der Waals surface area contributed by atoms with E-state index >= 15 is 0 Å². The monoisotopic (exact) mass is 582 g/mol. The number of rotatable bonds is 17. The van der Waals surface area contributed by atoms with E-state index in [0.717, 1.165) is 64.2 Å². The minimum absolute atomic E-state index is 0.0113. The van der Waals surface area contributed by atoms with Crippen molar-refractivity contribution in [2.24, 2.45) is 57.2 Å². The zero-order valence-corrected chi connectivity index (χ0v) is 27.1. The summed E-state index contributed by atoms with van der Waals surface area (Å²) in [6, 6.07) is 0. The highest BCUT2D eigenvalue weighted by Gasteiger charge is 2.71. The summed E-state index contributed by atoms with van der Waals surface area (Å²) in [6.07, 6.45) is 28.5. The van der Waals surface area contributed by atoms with Gasteiger partial charge >= 0.3 is 11.9 Å². The van der Waals surface area contributed by atoms with Gasteiger partial charge < -0.3 is 10.2 Å². The van der Waals surface area contributed by atoms with Crippen LogP contribution >= 0.6 is 0 Å². The Bertz CT molecular complexity index is 878. The van der Waals surface area contributed by atoms with Crippen molar-refractivity contribution < 1.29 is 19.8 Å². The highest BCUT2D eigenvalue weighted by Crippen LogP contribution is 2.80. The summed E-state index contributed by atoms with van der Waals surface area (Å²) in [6.45, 7) is 4.49. The largest absolute Gasteiger partial charge is 0.481 e. The van der Waals surface area contributed by atoms with Gasteiger partial charge in [-0.1, -0.05) is 78.1 Å². The molecule has 0 saturated heterocycles. The molecule has 6 unspecified atom stereocenters. The summed E-state index contributed by atoms with van der Waals surface area (Å²) in [5.74, 6) is 1.41. The third-order valence-electron chi connectivity index (χ3n) is 14.6. The average molecular weight is 583 g/mol. The summed E-state index contributed by atoms with van der Waals surface area (Å²) in [4.78, 5) is 26.0. The Morgan fingerprint density at radius 2 is 0.881 bits per heavy atom. The van der Waals surface area contributed by atoms with E-state index in [0.29, 0.717) is 23.7 Å². The van der Waals surface area contributed by atoms with Crippen LogP contribution in [0.4, 0.5) is 0 Å². The molecule has 0 aromatic rings. The van der Waals surface area contributed by atoms with Gasteiger partial charge in [0.2, 0.25) is 0 Å². The van der Waals surface area contributed by atoms with Crippen molar-refractivity contribution in [1.82, 2.24) is 0 Å². The fraction of sp³-hybridized carbons (Fsp3) is 0.947. The van der Waals surface area contributed by atoms with Crippen LogP contribution in [0.3, 0.4) is 0 Å². The van der Waals surface area contributed by atoms with Crippen LogP contribution in [0.25, 0.3) is 0 Å². The molecule has 0 heterocycles. The Hall–Kier alpha value is -1.06. The van der Waals surface area contributed by atoms with Crippen LogP contribution in [0.1, 0.15) is 168 Å². The van der Waals surface area contributed by atoms with Crippen molar-refractivity contribution in [3.8, 4) is 0 Å². The van der Waals surface area contributed by atoms with Gasteiger partial charge in [0.25, 0.3) is 0 Å². The molecule has 2 N–H and O–H groups in total. The molecule has 6 atom stereocenters. The summed E-state index contributed by atoms with van der Waals surface area (Å²) in [5, 5.41) is 21.4. The second kappa shape index (κ2) is 12.0. The smallest absolute Gasteiger partial charge is 0.307 e. The van der Waals surface area contributed by atoms with Gasteiger partial charge in [0, 0.05) is 0 Å². The van der Waals surface area contributed by atoms with Crippen molar-refractivity contribution in [1.29, 1.82) is 0 Å². The lowest BCUT2D eigenvalue weighted by Gasteiger charge is -2.75. The van der Waals surface area contributed by atoms with Crippen molar-refractivity contribution >= 4 is 11.9 Å². The highest BCUT2D eigenvalue weighted by atomic mass is 16.4. The predicted octanol–water partition coefficient (Wildman–Crippen LogP) is 10.3. The van der Waals surface area contributed by atoms with Gasteiger partial charge in [0.1, 0.15) is 0 Å². The van der Waals surface area contributed by atoms with E-state index < -0.39 is 11.9 Å². The van der Waals surface area contributed by atoms with Crippen molar-refractivity contribution in [3.63, 3.8) is 0 Å². The number of carboxylic acid groups (broad SMARTS) is 2. The summed E-state index contributed by atoms with van der Waals surface area (Å²) < 4.78 is 0. The molecular formula is C38H62O4. The van der Waals surface area contributed by atoms with Gasteiger partial charge in [0.15, 0.2) is 0 Å². The predicted molar refractivity (Wildman–Crippen MR) is 168 cm³/mol. The molecule has 8 aliphatic carbocycles. The first-order valence-corrected chi connectivity index (χ1v) is 18.6. The zero-order chi connectivity index (χ0) is 29.6. The molecule has 0 aliphatic heterocycles. The van der Waals surface area contributed by atoms with Crippen LogP contribution in [0, 0.1) is 57.2 Å². The zero-order valence-electron chi connectivity index (χ0n) is 27.1. The third-order valence-corrected chi connectivity index (χ3v) is 14.6. The molecule has 8 aliphatic rings. The Morgan fingerprint density at radius 1 is 0.548 bits per heavy atom. The Morgan fingerprint density at radius 3 is 1.19 bits per heavy atom. The fourth-order valence-corrected chi connectivity index (χ4v) is 14.0. The van der Waals surface area contributed by atoms with E-state index in [1.54, 1.807) is 0 Å². The van der Waals surface area contributed by atoms with Gasteiger partial charge in [-0.05, 0) is 135 Å². The molecule has 238 valence electrons. The number of hydrogen-bond donors (Lipinski definition) is 2.